The van der Waals surface area contributed by atoms with E-state index in [0.29, 0.717) is 12.5 Å². The third-order valence-corrected chi connectivity index (χ3v) is 4.29. The van der Waals surface area contributed by atoms with Gasteiger partial charge in [-0.15, -0.1) is 0 Å². The predicted octanol–water partition coefficient (Wildman–Crippen LogP) is -0.976. The first kappa shape index (κ1) is 10.5. The highest BCUT2D eigenvalue weighted by Crippen LogP contribution is 2.14. The molecule has 2 rings (SSSR count). The Hall–Kier alpha value is 0.0300. The molecule has 4 nitrogen and oxygen atoms in total. The molecule has 0 aromatic heterocycles. The Morgan fingerprint density at radius 2 is 2.07 bits per heavy atom. The van der Waals surface area contributed by atoms with Crippen LogP contribution in [0.25, 0.3) is 0 Å². The van der Waals surface area contributed by atoms with Crippen molar-refractivity contribution in [1.29, 1.82) is 0 Å². The predicted molar refractivity (Wildman–Crippen MR) is 56.6 cm³/mol. The molecule has 0 spiro atoms. The first-order valence-electron chi connectivity index (χ1n) is 5.16. The Morgan fingerprint density at radius 3 is 2.64 bits per heavy atom. The molecule has 0 saturated carbocycles. The molecule has 5 heteroatoms. The highest BCUT2D eigenvalue weighted by Gasteiger charge is 2.27. The summed E-state index contributed by atoms with van der Waals surface area (Å²) in [5, 5.41) is 0. The minimum absolute atomic E-state index is 0.197. The first-order valence-corrected chi connectivity index (χ1v) is 6.65. The minimum atomic E-state index is -0.577. The van der Waals surface area contributed by atoms with Gasteiger partial charge in [0.2, 0.25) is 0 Å². The summed E-state index contributed by atoms with van der Waals surface area (Å²) >= 11 is 0. The van der Waals surface area contributed by atoms with Crippen molar-refractivity contribution >= 4 is 10.8 Å². The fourth-order valence-corrected chi connectivity index (χ4v) is 3.12. The highest BCUT2D eigenvalue weighted by atomic mass is 32.2. The van der Waals surface area contributed by atoms with Gasteiger partial charge in [-0.2, -0.15) is 0 Å². The monoisotopic (exact) mass is 218 g/mol. The fourth-order valence-electron chi connectivity index (χ4n) is 1.99. The number of hydrogen-bond donors (Lipinski definition) is 1. The number of rotatable bonds is 2. The molecule has 82 valence electrons. The van der Waals surface area contributed by atoms with Crippen LogP contribution in [0.5, 0.6) is 0 Å². The Bertz CT molecular complexity index is 215. The molecule has 2 saturated heterocycles. The molecule has 0 aliphatic carbocycles. The third-order valence-electron chi connectivity index (χ3n) is 3.01. The third kappa shape index (κ3) is 2.53. The van der Waals surface area contributed by atoms with Crippen LogP contribution in [0.15, 0.2) is 0 Å². The first-order chi connectivity index (χ1) is 6.75. The van der Waals surface area contributed by atoms with Crippen LogP contribution >= 0.6 is 0 Å². The lowest BCUT2D eigenvalue weighted by molar-refractivity contribution is 0.170. The zero-order chi connectivity index (χ0) is 9.97. The highest BCUT2D eigenvalue weighted by molar-refractivity contribution is 7.85. The smallest absolute Gasteiger partial charge is 0.0621 e. The Balaban J connectivity index is 1.77. The van der Waals surface area contributed by atoms with Gasteiger partial charge in [0.05, 0.1) is 13.2 Å². The van der Waals surface area contributed by atoms with Crippen molar-refractivity contribution in [3.05, 3.63) is 0 Å². The molecular formula is C9H18N2O2S. The van der Waals surface area contributed by atoms with Gasteiger partial charge in [0.1, 0.15) is 0 Å². The van der Waals surface area contributed by atoms with Crippen LogP contribution in [0.2, 0.25) is 0 Å². The van der Waals surface area contributed by atoms with E-state index in [-0.39, 0.29) is 6.04 Å². The standard InChI is InChI=1S/C9H18N2O2S/c10-9-7-13-6-8(9)5-11-1-3-14(12)4-2-11/h8-9H,1-7,10H2. The molecule has 14 heavy (non-hydrogen) atoms. The average Bonchev–Trinajstić information content (AvgIpc) is 2.56. The van der Waals surface area contributed by atoms with Crippen molar-refractivity contribution in [2.45, 2.75) is 6.04 Å². The molecule has 2 atom stereocenters. The number of nitrogens with zero attached hydrogens (tertiary/aromatic N) is 1. The van der Waals surface area contributed by atoms with Crippen molar-refractivity contribution in [3.63, 3.8) is 0 Å². The largest absolute Gasteiger partial charge is 0.379 e. The Labute approximate surface area is 87.2 Å². The van der Waals surface area contributed by atoms with E-state index in [4.69, 9.17) is 10.5 Å². The van der Waals surface area contributed by atoms with E-state index in [1.54, 1.807) is 0 Å². The van der Waals surface area contributed by atoms with Crippen LogP contribution < -0.4 is 5.73 Å². The zero-order valence-electron chi connectivity index (χ0n) is 8.35. The van der Waals surface area contributed by atoms with Gasteiger partial charge in [-0.3, -0.25) is 4.21 Å². The van der Waals surface area contributed by atoms with Crippen molar-refractivity contribution in [3.8, 4) is 0 Å². The van der Waals surface area contributed by atoms with Crippen LogP contribution in [-0.4, -0.2) is 59.5 Å². The number of hydrogen-bond acceptors (Lipinski definition) is 4. The van der Waals surface area contributed by atoms with E-state index in [2.05, 4.69) is 4.90 Å². The van der Waals surface area contributed by atoms with Gasteiger partial charge in [-0.05, 0) is 0 Å². The van der Waals surface area contributed by atoms with Gasteiger partial charge in [0.25, 0.3) is 0 Å². The van der Waals surface area contributed by atoms with Gasteiger partial charge >= 0.3 is 0 Å². The van der Waals surface area contributed by atoms with Crippen molar-refractivity contribution in [2.24, 2.45) is 11.7 Å². The summed E-state index contributed by atoms with van der Waals surface area (Å²) in [6.07, 6.45) is 0. The maximum atomic E-state index is 11.1. The SMILES string of the molecule is NC1COCC1CN1CCS(=O)CC1. The molecule has 0 aromatic rings. The van der Waals surface area contributed by atoms with Gasteiger partial charge in [-0.25, -0.2) is 0 Å². The quantitative estimate of drug-likeness (QED) is 0.647. The summed E-state index contributed by atoms with van der Waals surface area (Å²) in [6.45, 7) is 4.41. The van der Waals surface area contributed by atoms with E-state index in [9.17, 15) is 4.21 Å². The van der Waals surface area contributed by atoms with Crippen LogP contribution in [0.3, 0.4) is 0 Å². The lowest BCUT2D eigenvalue weighted by atomic mass is 10.0. The normalized spacial score (nSPS) is 36.4. The molecule has 2 unspecified atom stereocenters. The molecule has 2 N–H and O–H groups in total. The zero-order valence-corrected chi connectivity index (χ0v) is 9.17. The van der Waals surface area contributed by atoms with Crippen molar-refractivity contribution in [2.75, 3.05) is 44.4 Å². The van der Waals surface area contributed by atoms with Gasteiger partial charge in [0, 0.05) is 53.9 Å². The molecular weight excluding hydrogens is 200 g/mol. The van der Waals surface area contributed by atoms with Crippen molar-refractivity contribution in [1.82, 2.24) is 4.90 Å². The summed E-state index contributed by atoms with van der Waals surface area (Å²) < 4.78 is 16.5. The summed E-state index contributed by atoms with van der Waals surface area (Å²) in [4.78, 5) is 2.36. The van der Waals surface area contributed by atoms with Crippen molar-refractivity contribution < 1.29 is 8.95 Å². The van der Waals surface area contributed by atoms with E-state index in [1.807, 2.05) is 0 Å². The second kappa shape index (κ2) is 4.70. The van der Waals surface area contributed by atoms with Gasteiger partial charge in [0.15, 0.2) is 0 Å². The minimum Gasteiger partial charge on any atom is -0.379 e. The van der Waals surface area contributed by atoms with Crippen LogP contribution in [0.1, 0.15) is 0 Å². The van der Waals surface area contributed by atoms with Crippen LogP contribution in [-0.2, 0) is 15.5 Å². The topological polar surface area (TPSA) is 55.6 Å². The average molecular weight is 218 g/mol. The maximum absolute atomic E-state index is 11.1. The number of ether oxygens (including phenoxy) is 1. The molecule has 0 bridgehead atoms. The summed E-state index contributed by atoms with van der Waals surface area (Å²) in [7, 11) is -0.577. The molecule has 2 aliphatic heterocycles. The Morgan fingerprint density at radius 1 is 1.36 bits per heavy atom. The lowest BCUT2D eigenvalue weighted by Crippen LogP contribution is -2.44. The lowest BCUT2D eigenvalue weighted by Gasteiger charge is -2.29. The van der Waals surface area contributed by atoms with Crippen LogP contribution in [0.4, 0.5) is 0 Å². The van der Waals surface area contributed by atoms with Crippen LogP contribution in [0, 0.1) is 5.92 Å². The molecule has 0 aromatic carbocycles. The maximum Gasteiger partial charge on any atom is 0.0621 e. The van der Waals surface area contributed by atoms with E-state index < -0.39 is 10.8 Å². The summed E-state index contributed by atoms with van der Waals surface area (Å²) in [5.74, 6) is 2.12. The molecule has 2 aliphatic rings. The molecule has 2 heterocycles. The molecule has 0 amide bonds. The molecule has 0 radical (unpaired) electrons. The van der Waals surface area contributed by atoms with Gasteiger partial charge < -0.3 is 15.4 Å². The van der Waals surface area contributed by atoms with Gasteiger partial charge in [-0.1, -0.05) is 0 Å². The van der Waals surface area contributed by atoms with E-state index in [0.717, 1.165) is 37.7 Å². The second-order valence-electron chi connectivity index (χ2n) is 4.11. The number of nitrogens with two attached hydrogens (primary N) is 1. The van der Waals surface area contributed by atoms with E-state index in [1.165, 1.54) is 0 Å². The second-order valence-corrected chi connectivity index (χ2v) is 5.81. The summed E-state index contributed by atoms with van der Waals surface area (Å²) in [5.41, 5.74) is 5.91. The fraction of sp³-hybridized carbons (Fsp3) is 1.00. The molecule has 2 fully saturated rings. The van der Waals surface area contributed by atoms with E-state index >= 15 is 0 Å². The summed E-state index contributed by atoms with van der Waals surface area (Å²) in [6, 6.07) is 0.197. The Kier molecular flexibility index (Phi) is 3.54.